The van der Waals surface area contributed by atoms with Gasteiger partial charge in [0, 0.05) is 38.5 Å². The maximum Gasteiger partial charge on any atom is 0.410 e. The Kier molecular flexibility index (Phi) is 6.79. The van der Waals surface area contributed by atoms with Crippen LogP contribution in [0.25, 0.3) is 0 Å². The van der Waals surface area contributed by atoms with Crippen molar-refractivity contribution >= 4 is 23.4 Å². The van der Waals surface area contributed by atoms with Crippen molar-refractivity contribution in [2.75, 3.05) is 31.1 Å². The van der Waals surface area contributed by atoms with Crippen molar-refractivity contribution in [3.63, 3.8) is 0 Å². The molecular weight excluding hydrogens is 454 g/mol. The molecule has 9 heteroatoms. The fourth-order valence-electron chi connectivity index (χ4n) is 4.16. The molecule has 0 aromatic carbocycles. The SMILES string of the molecule is CC1(CO)CCN(c2cc(Cl)ncc2C#Cc2cc3n(n2)CCN(C(=O)OC(C)(C)C)C3)CC1. The van der Waals surface area contributed by atoms with Gasteiger partial charge in [-0.3, -0.25) is 4.68 Å². The van der Waals surface area contributed by atoms with Crippen LogP contribution >= 0.6 is 11.6 Å². The van der Waals surface area contributed by atoms with Crippen LogP contribution in [0.2, 0.25) is 5.15 Å². The van der Waals surface area contributed by atoms with Gasteiger partial charge in [-0.2, -0.15) is 5.10 Å². The number of anilines is 1. The van der Waals surface area contributed by atoms with Crippen molar-refractivity contribution in [3.8, 4) is 11.8 Å². The van der Waals surface area contributed by atoms with Gasteiger partial charge >= 0.3 is 6.09 Å². The number of rotatable bonds is 2. The summed E-state index contributed by atoms with van der Waals surface area (Å²) in [5, 5.41) is 14.7. The van der Waals surface area contributed by atoms with Gasteiger partial charge in [-0.25, -0.2) is 9.78 Å². The van der Waals surface area contributed by atoms with Crippen molar-refractivity contribution in [2.24, 2.45) is 5.41 Å². The van der Waals surface area contributed by atoms with E-state index in [4.69, 9.17) is 16.3 Å². The number of carbonyl (C=O) groups is 1. The predicted molar refractivity (Wildman–Crippen MR) is 131 cm³/mol. The maximum absolute atomic E-state index is 12.4. The highest BCUT2D eigenvalue weighted by Crippen LogP contribution is 2.34. The van der Waals surface area contributed by atoms with E-state index in [9.17, 15) is 9.90 Å². The van der Waals surface area contributed by atoms with Gasteiger partial charge in [0.05, 0.1) is 30.0 Å². The highest BCUT2D eigenvalue weighted by atomic mass is 35.5. The van der Waals surface area contributed by atoms with Crippen LogP contribution in [0.5, 0.6) is 0 Å². The minimum Gasteiger partial charge on any atom is -0.444 e. The quantitative estimate of drug-likeness (QED) is 0.516. The monoisotopic (exact) mass is 485 g/mol. The average Bonchev–Trinajstić information content (AvgIpc) is 3.20. The minimum atomic E-state index is -0.527. The van der Waals surface area contributed by atoms with Crippen molar-refractivity contribution in [1.82, 2.24) is 19.7 Å². The number of hydrogen-bond acceptors (Lipinski definition) is 6. The number of hydrogen-bond donors (Lipinski definition) is 1. The number of aliphatic hydroxyl groups excluding tert-OH is 1. The van der Waals surface area contributed by atoms with Crippen molar-refractivity contribution in [1.29, 1.82) is 0 Å². The molecule has 0 bridgehead atoms. The Labute approximate surface area is 205 Å². The van der Waals surface area contributed by atoms with Crippen LogP contribution in [0, 0.1) is 17.3 Å². The predicted octanol–water partition coefficient (Wildman–Crippen LogP) is 3.68. The van der Waals surface area contributed by atoms with Gasteiger partial charge in [-0.05, 0) is 51.0 Å². The van der Waals surface area contributed by atoms with E-state index >= 15 is 0 Å². The summed E-state index contributed by atoms with van der Waals surface area (Å²) < 4.78 is 7.39. The number of nitrogens with zero attached hydrogens (tertiary/aromatic N) is 5. The fraction of sp³-hybridized carbons (Fsp3) is 0.560. The molecule has 2 aliphatic rings. The Morgan fingerprint density at radius 1 is 1.21 bits per heavy atom. The van der Waals surface area contributed by atoms with Gasteiger partial charge in [-0.1, -0.05) is 24.4 Å². The normalized spacial score (nSPS) is 17.6. The first-order valence-electron chi connectivity index (χ1n) is 11.6. The second kappa shape index (κ2) is 9.47. The number of piperidine rings is 1. The molecule has 2 aliphatic heterocycles. The third-order valence-corrected chi connectivity index (χ3v) is 6.52. The van der Waals surface area contributed by atoms with E-state index in [1.54, 1.807) is 11.1 Å². The van der Waals surface area contributed by atoms with E-state index in [1.807, 2.05) is 37.6 Å². The molecule has 0 spiro atoms. The summed E-state index contributed by atoms with van der Waals surface area (Å²) in [7, 11) is 0. The summed E-state index contributed by atoms with van der Waals surface area (Å²) >= 11 is 6.20. The van der Waals surface area contributed by atoms with Crippen molar-refractivity contribution in [2.45, 2.75) is 59.2 Å². The Bertz CT molecular complexity index is 1120. The molecule has 0 radical (unpaired) electrons. The molecule has 0 unspecified atom stereocenters. The van der Waals surface area contributed by atoms with Gasteiger partial charge in [0.25, 0.3) is 0 Å². The summed E-state index contributed by atoms with van der Waals surface area (Å²) in [4.78, 5) is 20.6. The van der Waals surface area contributed by atoms with E-state index in [0.717, 1.165) is 42.9 Å². The van der Waals surface area contributed by atoms with Gasteiger partial charge in [0.15, 0.2) is 0 Å². The second-order valence-electron chi connectivity index (χ2n) is 10.4. The van der Waals surface area contributed by atoms with Gasteiger partial charge in [0.1, 0.15) is 16.4 Å². The molecular formula is C25H32ClN5O3. The molecule has 1 N–H and O–H groups in total. The minimum absolute atomic E-state index is 0.0398. The first-order chi connectivity index (χ1) is 16.0. The molecule has 0 atom stereocenters. The van der Waals surface area contributed by atoms with Crippen LogP contribution in [0.3, 0.4) is 0 Å². The topological polar surface area (TPSA) is 83.7 Å². The first-order valence-corrected chi connectivity index (χ1v) is 12.0. The lowest BCUT2D eigenvalue weighted by Gasteiger charge is -2.39. The summed E-state index contributed by atoms with van der Waals surface area (Å²) in [5.41, 5.74) is 2.75. The molecule has 1 fully saturated rings. The smallest absolute Gasteiger partial charge is 0.410 e. The van der Waals surface area contributed by atoms with Crippen molar-refractivity contribution < 1.29 is 14.6 Å². The number of carbonyl (C=O) groups excluding carboxylic acids is 1. The van der Waals surface area contributed by atoms with E-state index in [0.29, 0.717) is 30.5 Å². The van der Waals surface area contributed by atoms with Crippen LogP contribution in [-0.4, -0.2) is 62.7 Å². The second-order valence-corrected chi connectivity index (χ2v) is 10.8. The highest BCUT2D eigenvalue weighted by Gasteiger charge is 2.30. The number of fused-ring (bicyclic) bond motifs is 1. The number of halogens is 1. The largest absolute Gasteiger partial charge is 0.444 e. The maximum atomic E-state index is 12.4. The molecule has 0 saturated carbocycles. The number of pyridine rings is 1. The van der Waals surface area contributed by atoms with Gasteiger partial charge in [0.2, 0.25) is 0 Å². The zero-order valence-corrected chi connectivity index (χ0v) is 21.0. The first kappa shape index (κ1) is 24.4. The summed E-state index contributed by atoms with van der Waals surface area (Å²) in [5.74, 6) is 6.38. The molecule has 8 nitrogen and oxygen atoms in total. The molecule has 4 rings (SSSR count). The fourth-order valence-corrected chi connectivity index (χ4v) is 4.32. The van der Waals surface area contributed by atoms with E-state index < -0.39 is 5.60 Å². The molecule has 182 valence electrons. The Balaban J connectivity index is 1.50. The summed E-state index contributed by atoms with van der Waals surface area (Å²) in [6.07, 6.45) is 3.18. The molecule has 2 aromatic rings. The van der Waals surface area contributed by atoms with Crippen LogP contribution in [0.1, 0.15) is 57.5 Å². The van der Waals surface area contributed by atoms with Crippen LogP contribution < -0.4 is 4.90 Å². The average molecular weight is 486 g/mol. The lowest BCUT2D eigenvalue weighted by molar-refractivity contribution is 0.0194. The summed E-state index contributed by atoms with van der Waals surface area (Å²) in [6.45, 7) is 11.1. The van der Waals surface area contributed by atoms with Gasteiger partial charge in [-0.15, -0.1) is 0 Å². The van der Waals surface area contributed by atoms with Crippen LogP contribution in [0.4, 0.5) is 10.5 Å². The third kappa shape index (κ3) is 5.65. The highest BCUT2D eigenvalue weighted by molar-refractivity contribution is 6.29. The van der Waals surface area contributed by atoms with E-state index in [-0.39, 0.29) is 18.1 Å². The van der Waals surface area contributed by atoms with E-state index in [2.05, 4.69) is 33.7 Å². The number of aromatic nitrogens is 3. The van der Waals surface area contributed by atoms with Crippen LogP contribution in [0.15, 0.2) is 18.3 Å². The standard InChI is InChI=1S/C25H32ClN5O3/c1-24(2,3)34-23(33)30-11-12-31-20(16-30)13-19(28-31)6-5-18-15-27-22(26)14-21(18)29-9-7-25(4,17-32)8-10-29/h13-15,32H,7-12,16-17H2,1-4H3. The van der Waals surface area contributed by atoms with Gasteiger partial charge < -0.3 is 19.6 Å². The molecule has 1 saturated heterocycles. The Hall–Kier alpha value is -2.76. The lowest BCUT2D eigenvalue weighted by Crippen LogP contribution is -2.41. The molecule has 2 aromatic heterocycles. The number of amides is 1. The van der Waals surface area contributed by atoms with Crippen molar-refractivity contribution in [3.05, 3.63) is 40.4 Å². The lowest BCUT2D eigenvalue weighted by atomic mass is 9.81. The Morgan fingerprint density at radius 2 is 1.94 bits per heavy atom. The molecule has 1 amide bonds. The summed E-state index contributed by atoms with van der Waals surface area (Å²) in [6, 6.07) is 3.77. The molecule has 4 heterocycles. The zero-order chi connectivity index (χ0) is 24.5. The van der Waals surface area contributed by atoms with Crippen LogP contribution in [-0.2, 0) is 17.8 Å². The zero-order valence-electron chi connectivity index (χ0n) is 20.3. The molecule has 0 aliphatic carbocycles. The number of aliphatic hydroxyl groups is 1. The Morgan fingerprint density at radius 3 is 2.62 bits per heavy atom. The number of ether oxygens (including phenoxy) is 1. The molecule has 34 heavy (non-hydrogen) atoms. The third-order valence-electron chi connectivity index (χ3n) is 6.32. The van der Waals surface area contributed by atoms with E-state index in [1.165, 1.54) is 0 Å².